The van der Waals surface area contributed by atoms with Crippen LogP contribution in [0.3, 0.4) is 0 Å². The van der Waals surface area contributed by atoms with E-state index in [0.717, 1.165) is 27.8 Å². The number of fused-ring (bicyclic) bond motifs is 1. The summed E-state index contributed by atoms with van der Waals surface area (Å²) < 4.78 is 19.5. The van der Waals surface area contributed by atoms with Crippen molar-refractivity contribution in [2.45, 2.75) is 0 Å². The molecule has 0 saturated carbocycles. The van der Waals surface area contributed by atoms with Crippen LogP contribution in [-0.4, -0.2) is 17.7 Å². The predicted octanol–water partition coefficient (Wildman–Crippen LogP) is 4.88. The fourth-order valence-corrected chi connectivity index (χ4v) is 3.20. The van der Waals surface area contributed by atoms with Crippen LogP contribution < -0.4 is 4.74 Å². The second-order valence-electron chi connectivity index (χ2n) is 6.03. The van der Waals surface area contributed by atoms with Gasteiger partial charge in [0.2, 0.25) is 0 Å². The fourth-order valence-electron chi connectivity index (χ4n) is 3.20. The number of ether oxygens (including phenoxy) is 1. The van der Waals surface area contributed by atoms with E-state index in [2.05, 4.69) is 0 Å². The van der Waals surface area contributed by atoms with Crippen molar-refractivity contribution in [3.63, 3.8) is 0 Å². The van der Waals surface area contributed by atoms with E-state index in [1.165, 1.54) is 12.1 Å². The summed E-state index contributed by atoms with van der Waals surface area (Å²) in [6.07, 6.45) is 0. The minimum Gasteiger partial charge on any atom is -0.488 e. The maximum atomic E-state index is 13.8. The summed E-state index contributed by atoms with van der Waals surface area (Å²) in [5.74, 6) is -0.639. The van der Waals surface area contributed by atoms with Crippen LogP contribution in [0.2, 0.25) is 0 Å². The van der Waals surface area contributed by atoms with Crippen LogP contribution in [0.15, 0.2) is 72.8 Å². The van der Waals surface area contributed by atoms with Crippen molar-refractivity contribution in [3.8, 4) is 5.75 Å². The van der Waals surface area contributed by atoms with E-state index in [1.807, 2.05) is 30.3 Å². The molecule has 1 aliphatic heterocycles. The van der Waals surface area contributed by atoms with Crippen molar-refractivity contribution < 1.29 is 19.0 Å². The molecule has 0 spiro atoms. The van der Waals surface area contributed by atoms with Gasteiger partial charge >= 0.3 is 5.97 Å². The maximum absolute atomic E-state index is 13.8. The van der Waals surface area contributed by atoms with Crippen LogP contribution in [0.5, 0.6) is 5.75 Å². The minimum absolute atomic E-state index is 0.222. The van der Waals surface area contributed by atoms with Gasteiger partial charge in [-0.3, -0.25) is 0 Å². The molecule has 0 unspecified atom stereocenters. The lowest BCUT2D eigenvalue weighted by atomic mass is 9.90. The van der Waals surface area contributed by atoms with E-state index in [-0.39, 0.29) is 11.4 Å². The lowest BCUT2D eigenvalue weighted by Crippen LogP contribution is -1.99. The Labute approximate surface area is 150 Å². The van der Waals surface area contributed by atoms with Gasteiger partial charge in [0.15, 0.2) is 0 Å². The Kier molecular flexibility index (Phi) is 4.01. The molecule has 0 aromatic heterocycles. The Morgan fingerprint density at radius 2 is 1.54 bits per heavy atom. The summed E-state index contributed by atoms with van der Waals surface area (Å²) in [6, 6.07) is 20.9. The lowest BCUT2D eigenvalue weighted by Gasteiger charge is -2.13. The zero-order chi connectivity index (χ0) is 18.1. The molecule has 128 valence electrons. The molecule has 0 atom stereocenters. The van der Waals surface area contributed by atoms with Gasteiger partial charge in [0, 0.05) is 11.1 Å². The average molecular weight is 346 g/mol. The summed E-state index contributed by atoms with van der Waals surface area (Å²) in [5, 5.41) is 9.13. The number of rotatable bonds is 3. The molecule has 0 aliphatic carbocycles. The van der Waals surface area contributed by atoms with Crippen LogP contribution in [0.1, 0.15) is 27.0 Å². The maximum Gasteiger partial charge on any atom is 0.335 e. The zero-order valence-corrected chi connectivity index (χ0v) is 13.8. The van der Waals surface area contributed by atoms with Crippen molar-refractivity contribution in [2.75, 3.05) is 6.61 Å². The number of carboxylic acid groups (broad SMARTS) is 1. The molecule has 26 heavy (non-hydrogen) atoms. The van der Waals surface area contributed by atoms with Crippen LogP contribution in [0.25, 0.3) is 11.1 Å². The summed E-state index contributed by atoms with van der Waals surface area (Å²) in [5.41, 5.74) is 4.57. The van der Waals surface area contributed by atoms with E-state index in [1.54, 1.807) is 30.3 Å². The molecule has 0 bridgehead atoms. The molecule has 1 aliphatic rings. The second kappa shape index (κ2) is 6.48. The van der Waals surface area contributed by atoms with Gasteiger partial charge in [-0.2, -0.15) is 0 Å². The van der Waals surface area contributed by atoms with E-state index < -0.39 is 5.97 Å². The summed E-state index contributed by atoms with van der Waals surface area (Å²) in [6.45, 7) is 0.337. The summed E-state index contributed by atoms with van der Waals surface area (Å²) in [7, 11) is 0. The third kappa shape index (κ3) is 2.86. The van der Waals surface area contributed by atoms with Gasteiger partial charge in [-0.05, 0) is 47.0 Å². The molecule has 1 N–H and O–H groups in total. The molecule has 4 heteroatoms. The Bertz CT molecular complexity index is 1010. The SMILES string of the molecule is O=C(O)c1ccc(/C(=C2/COc3ccc(F)cc32)c2ccccc2)cc1. The Hall–Kier alpha value is -3.40. The number of carboxylic acids is 1. The van der Waals surface area contributed by atoms with Crippen molar-refractivity contribution in [1.29, 1.82) is 0 Å². The standard InChI is InChI=1S/C22H15FO3/c23-17-10-11-20-18(12-17)19(13-26-20)21(14-4-2-1-3-5-14)15-6-8-16(9-7-15)22(24)25/h1-12H,13H2,(H,24,25)/b21-19-. The van der Waals surface area contributed by atoms with Gasteiger partial charge in [-0.25, -0.2) is 9.18 Å². The van der Waals surface area contributed by atoms with Gasteiger partial charge in [0.05, 0.1) is 5.56 Å². The fraction of sp³-hybridized carbons (Fsp3) is 0.0455. The van der Waals surface area contributed by atoms with E-state index in [9.17, 15) is 9.18 Å². The molecular weight excluding hydrogens is 331 g/mol. The van der Waals surface area contributed by atoms with E-state index in [0.29, 0.717) is 12.4 Å². The topological polar surface area (TPSA) is 46.5 Å². The molecule has 1 heterocycles. The van der Waals surface area contributed by atoms with Crippen molar-refractivity contribution >= 4 is 17.1 Å². The molecule has 3 aromatic carbocycles. The van der Waals surface area contributed by atoms with Crippen LogP contribution in [0.4, 0.5) is 4.39 Å². The predicted molar refractivity (Wildman–Crippen MR) is 97.7 cm³/mol. The number of carbonyl (C=O) groups is 1. The van der Waals surface area contributed by atoms with Crippen LogP contribution in [0, 0.1) is 5.82 Å². The quantitative estimate of drug-likeness (QED) is 0.735. The molecule has 3 aromatic rings. The normalized spacial score (nSPS) is 14.5. The Morgan fingerprint density at radius 3 is 2.23 bits per heavy atom. The highest BCUT2D eigenvalue weighted by atomic mass is 19.1. The summed E-state index contributed by atoms with van der Waals surface area (Å²) >= 11 is 0. The second-order valence-corrected chi connectivity index (χ2v) is 6.03. The molecule has 0 amide bonds. The number of benzene rings is 3. The largest absolute Gasteiger partial charge is 0.488 e. The minimum atomic E-state index is -0.970. The van der Waals surface area contributed by atoms with Gasteiger partial charge in [-0.15, -0.1) is 0 Å². The summed E-state index contributed by atoms with van der Waals surface area (Å²) in [4.78, 5) is 11.1. The van der Waals surface area contributed by atoms with Crippen molar-refractivity contribution in [3.05, 3.63) is 101 Å². The molecule has 0 fully saturated rings. The van der Waals surface area contributed by atoms with Gasteiger partial charge < -0.3 is 9.84 Å². The highest BCUT2D eigenvalue weighted by Crippen LogP contribution is 2.40. The first-order chi connectivity index (χ1) is 12.6. The first kappa shape index (κ1) is 16.1. The zero-order valence-electron chi connectivity index (χ0n) is 13.8. The monoisotopic (exact) mass is 346 g/mol. The smallest absolute Gasteiger partial charge is 0.335 e. The van der Waals surface area contributed by atoms with E-state index >= 15 is 0 Å². The highest BCUT2D eigenvalue weighted by molar-refractivity contribution is 6.01. The van der Waals surface area contributed by atoms with Gasteiger partial charge in [0.1, 0.15) is 18.2 Å². The first-order valence-electron chi connectivity index (χ1n) is 8.18. The lowest BCUT2D eigenvalue weighted by molar-refractivity contribution is 0.0697. The Balaban J connectivity index is 1.94. The average Bonchev–Trinajstić information content (AvgIpc) is 3.06. The molecule has 0 radical (unpaired) electrons. The Morgan fingerprint density at radius 1 is 0.885 bits per heavy atom. The van der Waals surface area contributed by atoms with Gasteiger partial charge in [-0.1, -0.05) is 42.5 Å². The van der Waals surface area contributed by atoms with Crippen LogP contribution in [-0.2, 0) is 0 Å². The highest BCUT2D eigenvalue weighted by Gasteiger charge is 2.23. The van der Waals surface area contributed by atoms with Crippen molar-refractivity contribution in [2.24, 2.45) is 0 Å². The third-order valence-electron chi connectivity index (χ3n) is 4.42. The third-order valence-corrected chi connectivity index (χ3v) is 4.42. The number of hydrogen-bond donors (Lipinski definition) is 1. The number of hydrogen-bond acceptors (Lipinski definition) is 2. The molecule has 0 saturated heterocycles. The first-order valence-corrected chi connectivity index (χ1v) is 8.18. The molecule has 3 nitrogen and oxygen atoms in total. The van der Waals surface area contributed by atoms with E-state index in [4.69, 9.17) is 9.84 Å². The number of halogens is 1. The molecule has 4 rings (SSSR count). The van der Waals surface area contributed by atoms with Crippen LogP contribution >= 0.6 is 0 Å². The van der Waals surface area contributed by atoms with Crippen molar-refractivity contribution in [1.82, 2.24) is 0 Å². The number of aromatic carboxylic acids is 1. The molecular formula is C22H15FO3. The van der Waals surface area contributed by atoms with Gasteiger partial charge in [0.25, 0.3) is 0 Å².